The second kappa shape index (κ2) is 3.46. The van der Waals surface area contributed by atoms with Gasteiger partial charge >= 0.3 is 0 Å². The van der Waals surface area contributed by atoms with Gasteiger partial charge in [0.25, 0.3) is 0 Å². The third-order valence-electron chi connectivity index (χ3n) is 1.83. The molecule has 0 saturated heterocycles. The Morgan fingerprint density at radius 3 is 2.73 bits per heavy atom. The van der Waals surface area contributed by atoms with Crippen LogP contribution in [-0.4, -0.2) is 19.4 Å². The summed E-state index contributed by atoms with van der Waals surface area (Å²) in [4.78, 5) is 3.85. The zero-order valence-electron chi connectivity index (χ0n) is 6.68. The molecule has 0 bridgehead atoms. The van der Waals surface area contributed by atoms with Crippen LogP contribution < -0.4 is 0 Å². The standard InChI is InChI=1S/C9H12FN/c1-3-7-4-9(10)5-8(7)6-11-2/h3,6,9H,1,4-5H2,2H3. The third-order valence-corrected chi connectivity index (χ3v) is 1.83. The normalized spacial score (nSPS) is 25.1. The molecule has 60 valence electrons. The topological polar surface area (TPSA) is 12.4 Å². The predicted octanol–water partition coefficient (Wildman–Crippen LogP) is 2.30. The first kappa shape index (κ1) is 8.18. The van der Waals surface area contributed by atoms with Gasteiger partial charge in [0, 0.05) is 26.1 Å². The lowest BCUT2D eigenvalue weighted by atomic mass is 10.2. The van der Waals surface area contributed by atoms with Crippen LogP contribution in [0.1, 0.15) is 12.8 Å². The minimum atomic E-state index is -0.726. The highest BCUT2D eigenvalue weighted by Crippen LogP contribution is 2.27. The number of allylic oxidation sites excluding steroid dienone is 3. The molecule has 1 aliphatic rings. The number of aliphatic imine (C=N–C) groups is 1. The fourth-order valence-corrected chi connectivity index (χ4v) is 1.32. The average Bonchev–Trinajstić information content (AvgIpc) is 2.32. The Kier molecular flexibility index (Phi) is 2.58. The molecule has 1 rings (SSSR count). The van der Waals surface area contributed by atoms with Crippen LogP contribution in [0.2, 0.25) is 0 Å². The number of nitrogens with zero attached hydrogens (tertiary/aromatic N) is 1. The van der Waals surface area contributed by atoms with Gasteiger partial charge in [0.1, 0.15) is 6.17 Å². The molecule has 0 radical (unpaired) electrons. The lowest BCUT2D eigenvalue weighted by molar-refractivity contribution is 0.349. The van der Waals surface area contributed by atoms with E-state index in [-0.39, 0.29) is 0 Å². The van der Waals surface area contributed by atoms with Gasteiger partial charge in [0.15, 0.2) is 0 Å². The molecular weight excluding hydrogens is 141 g/mol. The van der Waals surface area contributed by atoms with Crippen LogP contribution in [0.5, 0.6) is 0 Å². The van der Waals surface area contributed by atoms with E-state index in [1.807, 2.05) is 0 Å². The molecular formula is C9H12FN. The first-order chi connectivity index (χ1) is 5.27. The van der Waals surface area contributed by atoms with E-state index >= 15 is 0 Å². The third kappa shape index (κ3) is 1.76. The predicted molar refractivity (Wildman–Crippen MR) is 45.8 cm³/mol. The second-order valence-electron chi connectivity index (χ2n) is 2.65. The number of halogens is 1. The van der Waals surface area contributed by atoms with E-state index in [1.165, 1.54) is 0 Å². The molecule has 1 aliphatic carbocycles. The molecule has 0 amide bonds. The summed E-state index contributed by atoms with van der Waals surface area (Å²) in [6.07, 6.45) is 3.72. The zero-order chi connectivity index (χ0) is 8.27. The molecule has 1 unspecified atom stereocenters. The Morgan fingerprint density at radius 2 is 2.18 bits per heavy atom. The maximum absolute atomic E-state index is 12.8. The Bertz CT molecular complexity index is 216. The van der Waals surface area contributed by atoms with E-state index < -0.39 is 6.17 Å². The van der Waals surface area contributed by atoms with E-state index in [0.29, 0.717) is 12.8 Å². The van der Waals surface area contributed by atoms with Crippen molar-refractivity contribution >= 4 is 6.21 Å². The van der Waals surface area contributed by atoms with Crippen molar-refractivity contribution in [3.8, 4) is 0 Å². The Balaban J connectivity index is 2.79. The van der Waals surface area contributed by atoms with Gasteiger partial charge in [0.05, 0.1) is 0 Å². The summed E-state index contributed by atoms with van der Waals surface area (Å²) in [5.41, 5.74) is 2.00. The van der Waals surface area contributed by atoms with Gasteiger partial charge < -0.3 is 0 Å². The van der Waals surface area contributed by atoms with Crippen molar-refractivity contribution < 1.29 is 4.39 Å². The van der Waals surface area contributed by atoms with Crippen molar-refractivity contribution in [3.05, 3.63) is 23.8 Å². The fourth-order valence-electron chi connectivity index (χ4n) is 1.32. The van der Waals surface area contributed by atoms with E-state index in [9.17, 15) is 4.39 Å². The van der Waals surface area contributed by atoms with Gasteiger partial charge in [-0.15, -0.1) is 0 Å². The smallest absolute Gasteiger partial charge is 0.108 e. The molecule has 1 nitrogen and oxygen atoms in total. The van der Waals surface area contributed by atoms with Gasteiger partial charge in [-0.2, -0.15) is 0 Å². The minimum absolute atomic E-state index is 0.499. The van der Waals surface area contributed by atoms with Crippen molar-refractivity contribution in [2.45, 2.75) is 19.0 Å². The van der Waals surface area contributed by atoms with Gasteiger partial charge in [0.2, 0.25) is 0 Å². The van der Waals surface area contributed by atoms with Gasteiger partial charge in [-0.1, -0.05) is 12.7 Å². The van der Waals surface area contributed by atoms with E-state index in [2.05, 4.69) is 11.6 Å². The van der Waals surface area contributed by atoms with Crippen LogP contribution in [0, 0.1) is 0 Å². The number of hydrogen-bond acceptors (Lipinski definition) is 1. The summed E-state index contributed by atoms with van der Waals surface area (Å²) in [6.45, 7) is 3.62. The van der Waals surface area contributed by atoms with Crippen molar-refractivity contribution in [2.24, 2.45) is 4.99 Å². The Labute approximate surface area is 66.3 Å². The molecule has 11 heavy (non-hydrogen) atoms. The lowest BCUT2D eigenvalue weighted by Gasteiger charge is -1.92. The molecule has 0 fully saturated rings. The first-order valence-electron chi connectivity index (χ1n) is 3.68. The van der Waals surface area contributed by atoms with Crippen LogP contribution >= 0.6 is 0 Å². The maximum Gasteiger partial charge on any atom is 0.108 e. The van der Waals surface area contributed by atoms with Crippen LogP contribution in [0.3, 0.4) is 0 Å². The lowest BCUT2D eigenvalue weighted by Crippen LogP contribution is -1.91. The highest BCUT2D eigenvalue weighted by Gasteiger charge is 2.20. The number of hydrogen-bond donors (Lipinski definition) is 0. The van der Waals surface area contributed by atoms with Crippen molar-refractivity contribution in [1.29, 1.82) is 0 Å². The van der Waals surface area contributed by atoms with Gasteiger partial charge in [-0.05, 0) is 11.1 Å². The number of rotatable bonds is 2. The van der Waals surface area contributed by atoms with Crippen molar-refractivity contribution in [3.63, 3.8) is 0 Å². The van der Waals surface area contributed by atoms with E-state index in [1.54, 1.807) is 19.3 Å². The molecule has 0 spiro atoms. The summed E-state index contributed by atoms with van der Waals surface area (Å²) in [6, 6.07) is 0. The highest BCUT2D eigenvalue weighted by molar-refractivity contribution is 5.81. The van der Waals surface area contributed by atoms with Crippen LogP contribution in [0.15, 0.2) is 28.8 Å². The molecule has 0 aliphatic heterocycles. The van der Waals surface area contributed by atoms with Gasteiger partial charge in [-0.25, -0.2) is 4.39 Å². The molecule has 2 heteroatoms. The first-order valence-corrected chi connectivity index (χ1v) is 3.68. The van der Waals surface area contributed by atoms with E-state index in [0.717, 1.165) is 11.1 Å². The average molecular weight is 153 g/mol. The van der Waals surface area contributed by atoms with Crippen LogP contribution in [-0.2, 0) is 0 Å². The fraction of sp³-hybridized carbons (Fsp3) is 0.444. The number of alkyl halides is 1. The van der Waals surface area contributed by atoms with Crippen molar-refractivity contribution in [2.75, 3.05) is 7.05 Å². The Hall–Kier alpha value is -0.920. The quantitative estimate of drug-likeness (QED) is 0.540. The zero-order valence-corrected chi connectivity index (χ0v) is 6.68. The van der Waals surface area contributed by atoms with E-state index in [4.69, 9.17) is 0 Å². The summed E-state index contributed by atoms with van der Waals surface area (Å²) in [5, 5.41) is 0. The Morgan fingerprint density at radius 1 is 1.55 bits per heavy atom. The molecule has 0 aromatic rings. The highest BCUT2D eigenvalue weighted by atomic mass is 19.1. The molecule has 0 heterocycles. The summed E-state index contributed by atoms with van der Waals surface area (Å²) in [7, 11) is 1.69. The monoisotopic (exact) mass is 153 g/mol. The maximum atomic E-state index is 12.8. The minimum Gasteiger partial charge on any atom is -0.296 e. The van der Waals surface area contributed by atoms with Crippen LogP contribution in [0.25, 0.3) is 0 Å². The SMILES string of the molecule is C=CC1=C(C=NC)CC(F)C1. The van der Waals surface area contributed by atoms with Crippen LogP contribution in [0.4, 0.5) is 4.39 Å². The summed E-state index contributed by atoms with van der Waals surface area (Å²) < 4.78 is 12.8. The van der Waals surface area contributed by atoms with Gasteiger partial charge in [-0.3, -0.25) is 4.99 Å². The molecule has 0 aromatic heterocycles. The molecule has 1 atom stereocenters. The largest absolute Gasteiger partial charge is 0.296 e. The molecule has 0 saturated carbocycles. The second-order valence-corrected chi connectivity index (χ2v) is 2.65. The molecule has 0 N–H and O–H groups in total. The van der Waals surface area contributed by atoms with Crippen molar-refractivity contribution in [1.82, 2.24) is 0 Å². The summed E-state index contributed by atoms with van der Waals surface area (Å²) >= 11 is 0. The molecule has 0 aromatic carbocycles. The summed E-state index contributed by atoms with van der Waals surface area (Å²) in [5.74, 6) is 0.